The number of hydrazine groups is 1. The van der Waals surface area contributed by atoms with Crippen LogP contribution in [0.5, 0.6) is 0 Å². The Morgan fingerprint density at radius 2 is 2.00 bits per heavy atom. The van der Waals surface area contributed by atoms with Crippen molar-refractivity contribution in [3.63, 3.8) is 0 Å². The van der Waals surface area contributed by atoms with E-state index in [0.29, 0.717) is 6.42 Å². The van der Waals surface area contributed by atoms with E-state index in [0.717, 1.165) is 12.8 Å². The van der Waals surface area contributed by atoms with Gasteiger partial charge in [0.25, 0.3) is 0 Å². The molecule has 0 heterocycles. The maximum atomic E-state index is 11.0. The lowest BCUT2D eigenvalue weighted by atomic mass is 9.89. The van der Waals surface area contributed by atoms with E-state index in [1.165, 1.54) is 42.4 Å². The van der Waals surface area contributed by atoms with Gasteiger partial charge in [-0.25, -0.2) is 5.84 Å². The lowest BCUT2D eigenvalue weighted by Gasteiger charge is -2.16. The molecule has 0 aliphatic heterocycles. The second-order valence-corrected chi connectivity index (χ2v) is 4.73. The molecule has 1 aliphatic rings. The minimum absolute atomic E-state index is 0.0806. The summed E-state index contributed by atoms with van der Waals surface area (Å²) >= 11 is 0. The molecule has 0 fully saturated rings. The van der Waals surface area contributed by atoms with E-state index in [1.54, 1.807) is 0 Å². The summed E-state index contributed by atoms with van der Waals surface area (Å²) in [7, 11) is 0. The van der Waals surface area contributed by atoms with Crippen molar-refractivity contribution in [1.29, 1.82) is 0 Å². The first-order chi connectivity index (χ1) is 8.29. The molecule has 0 unspecified atom stereocenters. The van der Waals surface area contributed by atoms with Gasteiger partial charge in [0.15, 0.2) is 0 Å². The molecule has 0 saturated carbocycles. The summed E-state index contributed by atoms with van der Waals surface area (Å²) in [6.45, 7) is 0. The zero-order valence-electron chi connectivity index (χ0n) is 10.2. The number of fused-ring (bicyclic) bond motifs is 1. The molecule has 3 nitrogen and oxygen atoms in total. The molecule has 3 heteroatoms. The van der Waals surface area contributed by atoms with Crippen LogP contribution in [0.1, 0.15) is 42.4 Å². The lowest BCUT2D eigenvalue weighted by molar-refractivity contribution is -0.121. The Kier molecular flexibility index (Phi) is 4.15. The largest absolute Gasteiger partial charge is 0.294 e. The molecule has 3 N–H and O–H groups in total. The van der Waals surface area contributed by atoms with Crippen molar-refractivity contribution in [2.45, 2.75) is 44.9 Å². The Labute approximate surface area is 102 Å². The fourth-order valence-electron chi connectivity index (χ4n) is 2.47. The first kappa shape index (κ1) is 12.1. The topological polar surface area (TPSA) is 55.1 Å². The number of benzene rings is 1. The maximum Gasteiger partial charge on any atom is 0.233 e. The molecular formula is C14H20N2O. The Balaban J connectivity index is 1.91. The van der Waals surface area contributed by atoms with Crippen LogP contribution in [0.3, 0.4) is 0 Å². The van der Waals surface area contributed by atoms with Crippen molar-refractivity contribution in [2.24, 2.45) is 5.84 Å². The Morgan fingerprint density at radius 3 is 2.76 bits per heavy atom. The Morgan fingerprint density at radius 1 is 1.24 bits per heavy atom. The monoisotopic (exact) mass is 232 g/mol. The number of nitrogens with one attached hydrogen (secondary N) is 1. The average Bonchev–Trinajstić information content (AvgIpc) is 2.38. The molecule has 1 aromatic carbocycles. The molecule has 1 aliphatic carbocycles. The van der Waals surface area contributed by atoms with Crippen LogP contribution in [0.15, 0.2) is 18.2 Å². The number of nitrogens with two attached hydrogens (primary N) is 1. The van der Waals surface area contributed by atoms with Crippen LogP contribution in [0.25, 0.3) is 0 Å². The van der Waals surface area contributed by atoms with Gasteiger partial charge in [-0.15, -0.1) is 0 Å². The molecule has 0 atom stereocenters. The molecule has 17 heavy (non-hydrogen) atoms. The predicted molar refractivity (Wildman–Crippen MR) is 68.4 cm³/mol. The van der Waals surface area contributed by atoms with Gasteiger partial charge < -0.3 is 0 Å². The zero-order chi connectivity index (χ0) is 12.1. The summed E-state index contributed by atoms with van der Waals surface area (Å²) in [5.74, 6) is 4.96. The van der Waals surface area contributed by atoms with Crippen LogP contribution in [0, 0.1) is 0 Å². The Bertz CT molecular complexity index is 401. The fraction of sp³-hybridized carbons (Fsp3) is 0.500. The van der Waals surface area contributed by atoms with Crippen LogP contribution in [0.4, 0.5) is 0 Å². The van der Waals surface area contributed by atoms with E-state index >= 15 is 0 Å². The number of hydrogen-bond donors (Lipinski definition) is 2. The fourth-order valence-corrected chi connectivity index (χ4v) is 2.47. The van der Waals surface area contributed by atoms with E-state index < -0.39 is 0 Å². The highest BCUT2D eigenvalue weighted by Gasteiger charge is 2.09. The van der Waals surface area contributed by atoms with Crippen LogP contribution in [0.2, 0.25) is 0 Å². The molecule has 0 radical (unpaired) electrons. The third-order valence-corrected chi connectivity index (χ3v) is 3.44. The van der Waals surface area contributed by atoms with Gasteiger partial charge >= 0.3 is 0 Å². The van der Waals surface area contributed by atoms with Gasteiger partial charge in [0.1, 0.15) is 0 Å². The number of carbonyl (C=O) groups excluding carboxylic acids is 1. The second kappa shape index (κ2) is 5.82. The summed E-state index contributed by atoms with van der Waals surface area (Å²) < 4.78 is 0. The lowest BCUT2D eigenvalue weighted by Crippen LogP contribution is -2.29. The first-order valence-corrected chi connectivity index (χ1v) is 6.40. The highest BCUT2D eigenvalue weighted by molar-refractivity contribution is 5.75. The van der Waals surface area contributed by atoms with E-state index in [1.807, 2.05) is 0 Å². The highest BCUT2D eigenvalue weighted by Crippen LogP contribution is 2.22. The van der Waals surface area contributed by atoms with Crippen molar-refractivity contribution < 1.29 is 4.79 Å². The maximum absolute atomic E-state index is 11.0. The summed E-state index contributed by atoms with van der Waals surface area (Å²) in [5, 5.41) is 0. The molecule has 2 rings (SSSR count). The van der Waals surface area contributed by atoms with E-state index in [9.17, 15) is 4.79 Å². The molecule has 0 spiro atoms. The number of carbonyl (C=O) groups is 1. The van der Waals surface area contributed by atoms with Gasteiger partial charge in [-0.3, -0.25) is 10.2 Å². The van der Waals surface area contributed by atoms with Gasteiger partial charge in [-0.1, -0.05) is 18.2 Å². The number of rotatable bonds is 4. The van der Waals surface area contributed by atoms with Crippen molar-refractivity contribution >= 4 is 5.91 Å². The first-order valence-electron chi connectivity index (χ1n) is 6.40. The normalized spacial score (nSPS) is 14.2. The van der Waals surface area contributed by atoms with Crippen LogP contribution in [-0.4, -0.2) is 5.91 Å². The van der Waals surface area contributed by atoms with Crippen molar-refractivity contribution in [2.75, 3.05) is 0 Å². The van der Waals surface area contributed by atoms with Crippen LogP contribution in [-0.2, 0) is 24.1 Å². The zero-order valence-corrected chi connectivity index (χ0v) is 10.2. The van der Waals surface area contributed by atoms with Crippen molar-refractivity contribution in [1.82, 2.24) is 5.43 Å². The van der Waals surface area contributed by atoms with Crippen LogP contribution >= 0.6 is 0 Å². The van der Waals surface area contributed by atoms with Crippen LogP contribution < -0.4 is 11.3 Å². The molecular weight excluding hydrogens is 212 g/mol. The standard InChI is InChI=1S/C14H20N2O/c15-16-14(17)7-3-4-11-8-9-12-5-1-2-6-13(12)10-11/h8-10H,1-7,15H2,(H,16,17). The van der Waals surface area contributed by atoms with Gasteiger partial charge in [0, 0.05) is 6.42 Å². The minimum atomic E-state index is -0.0806. The quantitative estimate of drug-likeness (QED) is 0.473. The van der Waals surface area contributed by atoms with Crippen molar-refractivity contribution in [3.8, 4) is 0 Å². The van der Waals surface area contributed by atoms with Crippen molar-refractivity contribution in [3.05, 3.63) is 34.9 Å². The van der Waals surface area contributed by atoms with Gasteiger partial charge in [-0.2, -0.15) is 0 Å². The molecule has 92 valence electrons. The summed E-state index contributed by atoms with van der Waals surface area (Å²) in [4.78, 5) is 11.0. The number of aryl methyl sites for hydroxylation is 3. The van der Waals surface area contributed by atoms with E-state index in [4.69, 9.17) is 5.84 Å². The Hall–Kier alpha value is -1.35. The van der Waals surface area contributed by atoms with E-state index in [-0.39, 0.29) is 5.91 Å². The van der Waals surface area contributed by atoms with E-state index in [2.05, 4.69) is 23.6 Å². The van der Waals surface area contributed by atoms with Gasteiger partial charge in [0.2, 0.25) is 5.91 Å². The van der Waals surface area contributed by atoms with Gasteiger partial charge in [-0.05, 0) is 55.2 Å². The summed E-state index contributed by atoms with van der Waals surface area (Å²) in [6, 6.07) is 6.77. The molecule has 0 bridgehead atoms. The predicted octanol–water partition coefficient (Wildman–Crippen LogP) is 1.88. The average molecular weight is 232 g/mol. The number of hydrogen-bond acceptors (Lipinski definition) is 2. The van der Waals surface area contributed by atoms with Gasteiger partial charge in [0.05, 0.1) is 0 Å². The summed E-state index contributed by atoms with van der Waals surface area (Å²) in [5.41, 5.74) is 6.53. The highest BCUT2D eigenvalue weighted by atomic mass is 16.2. The number of amides is 1. The third kappa shape index (κ3) is 3.30. The second-order valence-electron chi connectivity index (χ2n) is 4.73. The molecule has 0 saturated heterocycles. The molecule has 1 amide bonds. The smallest absolute Gasteiger partial charge is 0.233 e. The minimum Gasteiger partial charge on any atom is -0.294 e. The molecule has 1 aromatic rings. The summed E-state index contributed by atoms with van der Waals surface area (Å²) in [6.07, 6.45) is 7.41. The third-order valence-electron chi connectivity index (χ3n) is 3.44. The SMILES string of the molecule is NNC(=O)CCCc1ccc2c(c1)CCCC2. The molecule has 0 aromatic heterocycles.